The Balaban J connectivity index is 1.83. The van der Waals surface area contributed by atoms with Gasteiger partial charge in [0.05, 0.1) is 11.8 Å². The number of imidazole rings is 1. The van der Waals surface area contributed by atoms with Crippen LogP contribution in [0.1, 0.15) is 36.2 Å². The Morgan fingerprint density at radius 1 is 1.38 bits per heavy atom. The molecule has 2 N–H and O–H groups in total. The Kier molecular flexibility index (Phi) is 4.91. The highest BCUT2D eigenvalue weighted by atomic mass is 32.2. The van der Waals surface area contributed by atoms with Gasteiger partial charge in [-0.25, -0.2) is 9.37 Å². The Morgan fingerprint density at radius 3 is 2.67 bits per heavy atom. The van der Waals surface area contributed by atoms with Crippen molar-refractivity contribution >= 4 is 17.7 Å². The fraction of sp³-hybridized carbons (Fsp3) is 0.412. The summed E-state index contributed by atoms with van der Waals surface area (Å²) in [6.07, 6.45) is 6.75. The molecular formula is C17H20FN3O2S. The van der Waals surface area contributed by atoms with E-state index in [1.54, 1.807) is 16.7 Å². The van der Waals surface area contributed by atoms with Crippen LogP contribution in [0, 0.1) is 5.82 Å². The smallest absolute Gasteiger partial charge is 0.270 e. The molecule has 1 aromatic carbocycles. The first-order valence-corrected chi connectivity index (χ1v) is 9.13. The molecule has 2 aromatic rings. The molecule has 0 atom stereocenters. The number of amides is 1. The van der Waals surface area contributed by atoms with Crippen molar-refractivity contribution in [2.45, 2.75) is 36.4 Å². The average molecular weight is 349 g/mol. The Labute approximate surface area is 144 Å². The second-order valence-corrected chi connectivity index (χ2v) is 6.83. The summed E-state index contributed by atoms with van der Waals surface area (Å²) in [5.74, 6) is -0.633. The van der Waals surface area contributed by atoms with Crippen molar-refractivity contribution in [3.05, 3.63) is 42.0 Å². The van der Waals surface area contributed by atoms with Gasteiger partial charge < -0.3 is 10.4 Å². The van der Waals surface area contributed by atoms with Crippen LogP contribution in [-0.2, 0) is 0 Å². The number of nitrogens with one attached hydrogen (secondary N) is 1. The Morgan fingerprint density at radius 2 is 2.04 bits per heavy atom. The van der Waals surface area contributed by atoms with Crippen molar-refractivity contribution in [2.24, 2.45) is 0 Å². The first-order chi connectivity index (χ1) is 11.5. The van der Waals surface area contributed by atoms with Gasteiger partial charge in [0.15, 0.2) is 5.16 Å². The number of aromatic nitrogens is 2. The normalized spacial score (nSPS) is 16.3. The van der Waals surface area contributed by atoms with Gasteiger partial charge in [-0.3, -0.25) is 9.36 Å². The summed E-state index contributed by atoms with van der Waals surface area (Å²) >= 11 is 1.40. The molecule has 1 saturated carbocycles. The fourth-order valence-electron chi connectivity index (χ4n) is 3.02. The minimum atomic E-state index is -0.807. The first kappa shape index (κ1) is 17.0. The topological polar surface area (TPSA) is 67.2 Å². The van der Waals surface area contributed by atoms with Gasteiger partial charge in [0.1, 0.15) is 11.5 Å². The van der Waals surface area contributed by atoms with Gasteiger partial charge in [-0.05, 0) is 43.4 Å². The van der Waals surface area contributed by atoms with Gasteiger partial charge in [0.2, 0.25) is 0 Å². The molecule has 24 heavy (non-hydrogen) atoms. The van der Waals surface area contributed by atoms with E-state index < -0.39 is 5.60 Å². The molecule has 3 rings (SSSR count). The molecule has 1 aliphatic carbocycles. The number of hydrogen-bond donors (Lipinski definition) is 2. The van der Waals surface area contributed by atoms with E-state index >= 15 is 0 Å². The molecule has 0 saturated heterocycles. The molecule has 1 fully saturated rings. The van der Waals surface area contributed by atoms with Gasteiger partial charge in [0.25, 0.3) is 5.91 Å². The van der Waals surface area contributed by atoms with Crippen molar-refractivity contribution in [2.75, 3.05) is 12.8 Å². The minimum Gasteiger partial charge on any atom is -0.388 e. The largest absolute Gasteiger partial charge is 0.388 e. The lowest BCUT2D eigenvalue weighted by atomic mass is 10.0. The van der Waals surface area contributed by atoms with Gasteiger partial charge in [-0.2, -0.15) is 0 Å². The highest BCUT2D eigenvalue weighted by Crippen LogP contribution is 2.29. The summed E-state index contributed by atoms with van der Waals surface area (Å²) in [6, 6.07) is 5.92. The zero-order valence-corrected chi connectivity index (χ0v) is 14.3. The van der Waals surface area contributed by atoms with E-state index in [0.717, 1.165) is 12.8 Å². The molecule has 0 aliphatic heterocycles. The average Bonchev–Trinajstić information content (AvgIpc) is 3.20. The molecule has 7 heteroatoms. The number of carbonyl (C=O) groups is 1. The van der Waals surface area contributed by atoms with Gasteiger partial charge in [-0.1, -0.05) is 24.6 Å². The van der Waals surface area contributed by atoms with Gasteiger partial charge in [0, 0.05) is 12.2 Å². The van der Waals surface area contributed by atoms with Crippen LogP contribution in [0.4, 0.5) is 4.39 Å². The second kappa shape index (κ2) is 6.94. The zero-order valence-electron chi connectivity index (χ0n) is 13.5. The zero-order chi connectivity index (χ0) is 17.2. The van der Waals surface area contributed by atoms with Crippen LogP contribution >= 0.6 is 11.8 Å². The van der Waals surface area contributed by atoms with E-state index in [9.17, 15) is 14.3 Å². The van der Waals surface area contributed by atoms with E-state index in [0.29, 0.717) is 29.4 Å². The molecule has 1 aliphatic rings. The predicted octanol–water partition coefficient (Wildman–Crippen LogP) is 2.77. The molecule has 0 bridgehead atoms. The highest BCUT2D eigenvalue weighted by Gasteiger charge is 2.31. The van der Waals surface area contributed by atoms with Crippen molar-refractivity contribution < 1.29 is 14.3 Å². The quantitative estimate of drug-likeness (QED) is 0.815. The highest BCUT2D eigenvalue weighted by molar-refractivity contribution is 7.98. The molecule has 1 aromatic heterocycles. The van der Waals surface area contributed by atoms with E-state index in [-0.39, 0.29) is 18.3 Å². The summed E-state index contributed by atoms with van der Waals surface area (Å²) < 4.78 is 14.9. The number of hydrogen-bond acceptors (Lipinski definition) is 4. The number of nitrogens with zero attached hydrogens (tertiary/aromatic N) is 2. The van der Waals surface area contributed by atoms with Crippen LogP contribution in [-0.4, -0.2) is 39.0 Å². The van der Waals surface area contributed by atoms with Crippen LogP contribution in [0.3, 0.4) is 0 Å². The summed E-state index contributed by atoms with van der Waals surface area (Å²) in [7, 11) is 0. The molecule has 0 unspecified atom stereocenters. The van der Waals surface area contributed by atoms with Gasteiger partial charge >= 0.3 is 0 Å². The third-order valence-electron chi connectivity index (χ3n) is 4.34. The van der Waals surface area contributed by atoms with Crippen LogP contribution in [0.25, 0.3) is 5.69 Å². The minimum absolute atomic E-state index is 0.231. The summed E-state index contributed by atoms with van der Waals surface area (Å²) in [6.45, 7) is 0.231. The van der Waals surface area contributed by atoms with Crippen LogP contribution in [0.2, 0.25) is 0 Å². The molecule has 0 spiro atoms. The Bertz CT molecular complexity index is 724. The lowest BCUT2D eigenvalue weighted by Gasteiger charge is -2.22. The molecule has 5 nitrogen and oxygen atoms in total. The van der Waals surface area contributed by atoms with E-state index in [2.05, 4.69) is 10.3 Å². The number of carbonyl (C=O) groups excluding carboxylic acids is 1. The summed E-state index contributed by atoms with van der Waals surface area (Å²) in [5, 5.41) is 13.8. The number of rotatable bonds is 5. The van der Waals surface area contributed by atoms with Crippen molar-refractivity contribution in [1.82, 2.24) is 14.9 Å². The summed E-state index contributed by atoms with van der Waals surface area (Å²) in [4.78, 5) is 16.8. The Hall–Kier alpha value is -1.86. The van der Waals surface area contributed by atoms with Crippen molar-refractivity contribution in [3.63, 3.8) is 0 Å². The van der Waals surface area contributed by atoms with Crippen molar-refractivity contribution in [3.8, 4) is 5.69 Å². The van der Waals surface area contributed by atoms with Crippen LogP contribution in [0.5, 0.6) is 0 Å². The lowest BCUT2D eigenvalue weighted by molar-refractivity contribution is 0.0448. The molecule has 1 amide bonds. The monoisotopic (exact) mass is 349 g/mol. The molecule has 0 radical (unpaired) electrons. The third-order valence-corrected chi connectivity index (χ3v) is 4.99. The standard InChI is InChI=1S/C17H20FN3O2S/c1-24-16-19-10-14(21(16)13-6-4-12(18)5-7-13)15(22)20-11-17(23)8-2-3-9-17/h4-7,10,23H,2-3,8-9,11H2,1H3,(H,20,22). The predicted molar refractivity (Wildman–Crippen MR) is 91.1 cm³/mol. The van der Waals surface area contributed by atoms with E-state index in [1.165, 1.54) is 30.1 Å². The maximum atomic E-state index is 13.2. The molecular weight excluding hydrogens is 329 g/mol. The molecule has 1 heterocycles. The second-order valence-electron chi connectivity index (χ2n) is 6.06. The van der Waals surface area contributed by atoms with Crippen LogP contribution < -0.4 is 5.32 Å². The van der Waals surface area contributed by atoms with E-state index in [1.807, 2.05) is 6.26 Å². The third kappa shape index (κ3) is 3.47. The maximum Gasteiger partial charge on any atom is 0.270 e. The SMILES string of the molecule is CSc1ncc(C(=O)NCC2(O)CCCC2)n1-c1ccc(F)cc1. The van der Waals surface area contributed by atoms with Gasteiger partial charge in [-0.15, -0.1) is 0 Å². The summed E-state index contributed by atoms with van der Waals surface area (Å²) in [5.41, 5.74) is 0.231. The van der Waals surface area contributed by atoms with E-state index in [4.69, 9.17) is 0 Å². The maximum absolute atomic E-state index is 13.2. The lowest BCUT2D eigenvalue weighted by Crippen LogP contribution is -2.41. The first-order valence-electron chi connectivity index (χ1n) is 7.91. The van der Waals surface area contributed by atoms with Crippen molar-refractivity contribution in [1.29, 1.82) is 0 Å². The molecule has 128 valence electrons. The fourth-order valence-corrected chi connectivity index (χ4v) is 3.57. The number of thioether (sulfide) groups is 1. The van der Waals surface area contributed by atoms with Crippen LogP contribution in [0.15, 0.2) is 35.6 Å². The number of benzene rings is 1. The number of aliphatic hydroxyl groups is 1. The number of halogens is 1.